The zero-order chi connectivity index (χ0) is 19.7. The zero-order valence-corrected chi connectivity index (χ0v) is 19.6. The van der Waals surface area contributed by atoms with Gasteiger partial charge >= 0.3 is 6.09 Å². The van der Waals surface area contributed by atoms with Crippen molar-refractivity contribution in [2.45, 2.75) is 19.4 Å². The smallest absolute Gasteiger partial charge is 0.410 e. The minimum atomic E-state index is -0.184. The van der Waals surface area contributed by atoms with E-state index in [1.807, 2.05) is 11.8 Å². The van der Waals surface area contributed by atoms with E-state index in [9.17, 15) is 4.79 Å². The normalized spacial score (nSPS) is 17.0. The Morgan fingerprint density at radius 3 is 2.07 bits per heavy atom. The highest BCUT2D eigenvalue weighted by molar-refractivity contribution is 6.02. The summed E-state index contributed by atoms with van der Waals surface area (Å²) in [7, 11) is 4.41. The SMILES string of the molecule is C[C@H](Cc1c2ccccc2cc2ccccc12)OC(=O)N1CC[N+](C)(C)CC1.[I-]. The summed E-state index contributed by atoms with van der Waals surface area (Å²) >= 11 is 0. The van der Waals surface area contributed by atoms with E-state index < -0.39 is 0 Å². The van der Waals surface area contributed by atoms with Crippen LogP contribution in [0.3, 0.4) is 0 Å². The first-order chi connectivity index (χ1) is 13.4. The molecule has 1 fully saturated rings. The third-order valence-electron chi connectivity index (χ3n) is 5.89. The van der Waals surface area contributed by atoms with E-state index in [-0.39, 0.29) is 36.2 Å². The summed E-state index contributed by atoms with van der Waals surface area (Å²) < 4.78 is 6.80. The van der Waals surface area contributed by atoms with Gasteiger partial charge in [0.05, 0.1) is 40.3 Å². The summed E-state index contributed by atoms with van der Waals surface area (Å²) in [5.74, 6) is 0. The molecule has 4 nitrogen and oxygen atoms in total. The van der Waals surface area contributed by atoms with E-state index in [1.54, 1.807) is 0 Å². The first-order valence-electron chi connectivity index (χ1n) is 10.1. The van der Waals surface area contributed by atoms with Crippen LogP contribution < -0.4 is 24.0 Å². The number of hydrogen-bond acceptors (Lipinski definition) is 2. The van der Waals surface area contributed by atoms with Gasteiger partial charge in [0.15, 0.2) is 0 Å². The van der Waals surface area contributed by atoms with E-state index >= 15 is 0 Å². The Labute approximate surface area is 190 Å². The lowest BCUT2D eigenvalue weighted by atomic mass is 9.93. The van der Waals surface area contributed by atoms with Gasteiger partial charge in [-0.3, -0.25) is 4.90 Å². The maximum absolute atomic E-state index is 12.6. The van der Waals surface area contributed by atoms with Crippen molar-refractivity contribution in [3.05, 3.63) is 60.2 Å². The molecule has 1 heterocycles. The van der Waals surface area contributed by atoms with Gasteiger partial charge in [-0.05, 0) is 40.1 Å². The highest BCUT2D eigenvalue weighted by Gasteiger charge is 2.29. The lowest BCUT2D eigenvalue weighted by molar-refractivity contribution is -0.894. The number of halogens is 1. The summed E-state index contributed by atoms with van der Waals surface area (Å²) in [5.41, 5.74) is 1.26. The summed E-state index contributed by atoms with van der Waals surface area (Å²) in [6, 6.07) is 19.1. The maximum atomic E-state index is 12.6. The number of ether oxygens (including phenoxy) is 1. The molecule has 1 saturated heterocycles. The molecule has 1 amide bonds. The summed E-state index contributed by atoms with van der Waals surface area (Å²) in [6.07, 6.45) is 0.353. The second-order valence-electron chi connectivity index (χ2n) is 8.57. The lowest BCUT2D eigenvalue weighted by Gasteiger charge is -2.38. The quantitative estimate of drug-likeness (QED) is 0.307. The minimum Gasteiger partial charge on any atom is -1.00 e. The zero-order valence-electron chi connectivity index (χ0n) is 17.4. The maximum Gasteiger partial charge on any atom is 0.410 e. The lowest BCUT2D eigenvalue weighted by Crippen LogP contribution is -3.00. The predicted molar refractivity (Wildman–Crippen MR) is 115 cm³/mol. The van der Waals surface area contributed by atoms with Crippen molar-refractivity contribution in [3.8, 4) is 0 Å². The van der Waals surface area contributed by atoms with E-state index in [1.165, 1.54) is 27.1 Å². The molecule has 0 saturated carbocycles. The molecular weight excluding hydrogens is 475 g/mol. The molecule has 1 aliphatic heterocycles. The van der Waals surface area contributed by atoms with E-state index in [0.717, 1.165) is 30.7 Å². The van der Waals surface area contributed by atoms with E-state index in [2.05, 4.69) is 68.7 Å². The molecule has 29 heavy (non-hydrogen) atoms. The number of piperazine rings is 1. The van der Waals surface area contributed by atoms with Crippen LogP contribution in [0.1, 0.15) is 12.5 Å². The van der Waals surface area contributed by atoms with E-state index in [0.29, 0.717) is 6.42 Å². The van der Waals surface area contributed by atoms with Crippen LogP contribution in [-0.2, 0) is 11.2 Å². The molecule has 0 spiro atoms. The molecular formula is C24H29IN2O2. The number of benzene rings is 3. The first-order valence-corrected chi connectivity index (χ1v) is 10.1. The average Bonchev–Trinajstić information content (AvgIpc) is 2.67. The Morgan fingerprint density at radius 2 is 1.52 bits per heavy atom. The van der Waals surface area contributed by atoms with Crippen LogP contribution in [0.2, 0.25) is 0 Å². The van der Waals surface area contributed by atoms with Crippen molar-refractivity contribution in [3.63, 3.8) is 0 Å². The van der Waals surface area contributed by atoms with Gasteiger partial charge in [0.1, 0.15) is 6.10 Å². The van der Waals surface area contributed by atoms with Gasteiger partial charge in [0.25, 0.3) is 0 Å². The number of carbonyl (C=O) groups excluding carboxylic acids is 1. The minimum absolute atomic E-state index is 0. The van der Waals surface area contributed by atoms with Crippen LogP contribution in [0.5, 0.6) is 0 Å². The van der Waals surface area contributed by atoms with Crippen LogP contribution in [-0.4, -0.2) is 61.9 Å². The first kappa shape index (κ1) is 21.8. The van der Waals surface area contributed by atoms with E-state index in [4.69, 9.17) is 4.74 Å². The monoisotopic (exact) mass is 504 g/mol. The number of hydrogen-bond donors (Lipinski definition) is 0. The highest BCUT2D eigenvalue weighted by atomic mass is 127. The Bertz CT molecular complexity index is 954. The topological polar surface area (TPSA) is 29.5 Å². The van der Waals surface area contributed by atoms with Crippen LogP contribution in [0.4, 0.5) is 4.79 Å². The summed E-state index contributed by atoms with van der Waals surface area (Å²) in [5, 5.41) is 4.93. The molecule has 0 aliphatic carbocycles. The summed E-state index contributed by atoms with van der Waals surface area (Å²) in [6.45, 7) is 5.46. The van der Waals surface area contributed by atoms with Crippen molar-refractivity contribution in [2.75, 3.05) is 40.3 Å². The Hall–Kier alpha value is -1.86. The number of quaternary nitrogens is 1. The second kappa shape index (κ2) is 8.88. The molecule has 1 atom stereocenters. The largest absolute Gasteiger partial charge is 1.00 e. The van der Waals surface area contributed by atoms with Gasteiger partial charge in [-0.2, -0.15) is 0 Å². The van der Waals surface area contributed by atoms with Crippen molar-refractivity contribution >= 4 is 27.6 Å². The highest BCUT2D eigenvalue weighted by Crippen LogP contribution is 2.30. The number of nitrogens with zero attached hydrogens (tertiary/aromatic N) is 2. The van der Waals surface area contributed by atoms with Gasteiger partial charge in [-0.15, -0.1) is 0 Å². The Kier molecular flexibility index (Phi) is 6.69. The second-order valence-corrected chi connectivity index (χ2v) is 8.57. The van der Waals surface area contributed by atoms with Crippen LogP contribution in [0.15, 0.2) is 54.6 Å². The average molecular weight is 504 g/mol. The third kappa shape index (κ3) is 4.83. The molecule has 0 unspecified atom stereocenters. The van der Waals surface area contributed by atoms with Gasteiger partial charge in [-0.25, -0.2) is 4.79 Å². The molecule has 154 valence electrons. The van der Waals surface area contributed by atoms with Crippen molar-refractivity contribution < 1.29 is 38.0 Å². The number of fused-ring (bicyclic) bond motifs is 2. The number of rotatable bonds is 3. The Balaban J connectivity index is 0.00000240. The van der Waals surface area contributed by atoms with Crippen molar-refractivity contribution in [1.29, 1.82) is 0 Å². The fourth-order valence-electron chi connectivity index (χ4n) is 4.09. The molecule has 3 aromatic carbocycles. The molecule has 1 aliphatic rings. The Morgan fingerprint density at radius 1 is 1.00 bits per heavy atom. The van der Waals surface area contributed by atoms with Gasteiger partial charge in [-0.1, -0.05) is 48.5 Å². The third-order valence-corrected chi connectivity index (χ3v) is 5.89. The number of likely N-dealkylation sites (N-methyl/N-ethyl adjacent to an activating group) is 1. The predicted octanol–water partition coefficient (Wildman–Crippen LogP) is 1.46. The van der Waals surface area contributed by atoms with Gasteiger partial charge in [0.2, 0.25) is 0 Å². The number of amides is 1. The van der Waals surface area contributed by atoms with Crippen LogP contribution in [0, 0.1) is 0 Å². The molecule has 0 N–H and O–H groups in total. The standard InChI is InChI=1S/C24H29N2O2.HI/c1-18(28-24(27)25-12-14-26(2,3)15-13-25)16-23-21-10-6-4-8-19(21)17-20-9-5-7-11-22(20)23;/h4-11,17-18H,12-16H2,1-3H3;1H/q+1;/p-1/t18-;/m1./s1. The summed E-state index contributed by atoms with van der Waals surface area (Å²) in [4.78, 5) is 14.5. The van der Waals surface area contributed by atoms with Crippen LogP contribution >= 0.6 is 0 Å². The molecule has 5 heteroatoms. The molecule has 0 radical (unpaired) electrons. The fraction of sp³-hybridized carbons (Fsp3) is 0.375. The number of carbonyl (C=O) groups is 1. The van der Waals surface area contributed by atoms with Gasteiger partial charge in [0, 0.05) is 6.42 Å². The molecule has 0 aromatic heterocycles. The van der Waals surface area contributed by atoms with Crippen LogP contribution in [0.25, 0.3) is 21.5 Å². The fourth-order valence-corrected chi connectivity index (χ4v) is 4.09. The molecule has 3 aromatic rings. The molecule has 0 bridgehead atoms. The van der Waals surface area contributed by atoms with Gasteiger partial charge < -0.3 is 33.2 Å². The molecule has 4 rings (SSSR count). The van der Waals surface area contributed by atoms with Crippen molar-refractivity contribution in [2.24, 2.45) is 0 Å². The van der Waals surface area contributed by atoms with Crippen molar-refractivity contribution in [1.82, 2.24) is 4.90 Å².